The van der Waals surface area contributed by atoms with Gasteiger partial charge in [-0.15, -0.1) is 0 Å². The first-order valence-corrected chi connectivity index (χ1v) is 16.5. The van der Waals surface area contributed by atoms with Gasteiger partial charge in [0, 0.05) is 54.8 Å². The van der Waals surface area contributed by atoms with Crippen LogP contribution in [0.2, 0.25) is 0 Å². The van der Waals surface area contributed by atoms with Crippen LogP contribution in [0.15, 0.2) is 72.9 Å². The van der Waals surface area contributed by atoms with Crippen LogP contribution in [-0.4, -0.2) is 88.0 Å². The number of carbonyl (C=O) groups is 5. The first-order chi connectivity index (χ1) is 24.2. The number of nitrogens with two attached hydrogens (primary N) is 1. The number of ether oxygens (including phenoxy) is 1. The lowest BCUT2D eigenvalue weighted by atomic mass is 9.82. The minimum atomic E-state index is -1.09. The number of aliphatic hydroxyl groups is 1. The number of amides is 4. The lowest BCUT2D eigenvalue weighted by molar-refractivity contribution is -0.147. The van der Waals surface area contributed by atoms with Gasteiger partial charge >= 0.3 is 5.97 Å². The molecule has 4 N–H and O–H groups in total. The van der Waals surface area contributed by atoms with Gasteiger partial charge in [0.2, 0.25) is 11.8 Å². The van der Waals surface area contributed by atoms with E-state index in [0.29, 0.717) is 17.8 Å². The van der Waals surface area contributed by atoms with Gasteiger partial charge in [-0.25, -0.2) is 8.78 Å². The van der Waals surface area contributed by atoms with Gasteiger partial charge in [-0.3, -0.25) is 28.9 Å². The fraction of sp³-hybridized carbons (Fsp3) is 0.378. The molecule has 2 atom stereocenters. The number of hydrogen-bond donors (Lipinski definition) is 3. The highest BCUT2D eigenvalue weighted by Crippen LogP contribution is 2.41. The standard InChI is InChI=1S/C37H43F2N5O7/c1-37(2,3)35(30-19-25(27-20-26(38)9-10-28(27)39)22-42(30)21-24-7-5-4-6-8-24)44(33(48)23-45)16-14-29(40)36(50)41-15-13-34(49)51-18-17-43-31(46)11-12-32(43)47/h4-12,19-20,22,29,35,45H,13-18,21,23,40H2,1-3H3,(H,41,50)/t29-,35?/m0/s1. The Labute approximate surface area is 294 Å². The first kappa shape index (κ1) is 38.6. The zero-order valence-electron chi connectivity index (χ0n) is 28.8. The molecule has 0 bridgehead atoms. The highest BCUT2D eigenvalue weighted by molar-refractivity contribution is 6.12. The van der Waals surface area contributed by atoms with Crippen LogP contribution < -0.4 is 11.1 Å². The minimum absolute atomic E-state index is 0.00863. The molecule has 1 aromatic heterocycles. The predicted molar refractivity (Wildman–Crippen MR) is 183 cm³/mol. The van der Waals surface area contributed by atoms with Gasteiger partial charge in [0.25, 0.3) is 11.8 Å². The topological polar surface area (TPSA) is 164 Å². The monoisotopic (exact) mass is 707 g/mol. The SMILES string of the molecule is CC(C)(C)C(c1cc(-c2cc(F)ccc2F)cn1Cc1ccccc1)N(CC[C@H](N)C(=O)NCCC(=O)OCCN1C(=O)C=CC1=O)C(=O)CO. The van der Waals surface area contributed by atoms with Crippen molar-refractivity contribution >= 4 is 29.6 Å². The number of benzene rings is 2. The van der Waals surface area contributed by atoms with Crippen LogP contribution in [0.4, 0.5) is 8.78 Å². The van der Waals surface area contributed by atoms with Crippen LogP contribution in [-0.2, 0) is 35.3 Å². The highest BCUT2D eigenvalue weighted by atomic mass is 19.1. The van der Waals surface area contributed by atoms with E-state index in [1.807, 2.05) is 55.7 Å². The van der Waals surface area contributed by atoms with Gasteiger partial charge in [0.1, 0.15) is 24.8 Å². The molecule has 1 aliphatic rings. The second-order valence-electron chi connectivity index (χ2n) is 13.2. The first-order valence-electron chi connectivity index (χ1n) is 16.5. The second kappa shape index (κ2) is 17.1. The molecule has 1 unspecified atom stereocenters. The molecule has 4 amide bonds. The maximum atomic E-state index is 15.0. The number of imide groups is 1. The number of aliphatic hydroxyl groups excluding tert-OH is 1. The Morgan fingerprint density at radius 2 is 1.71 bits per heavy atom. The average molecular weight is 708 g/mol. The van der Waals surface area contributed by atoms with Crippen molar-refractivity contribution < 1.29 is 42.6 Å². The number of esters is 1. The molecular formula is C37H43F2N5O7. The predicted octanol–water partition coefficient (Wildman–Crippen LogP) is 3.08. The van der Waals surface area contributed by atoms with Crippen LogP contribution in [0.5, 0.6) is 0 Å². The molecule has 51 heavy (non-hydrogen) atoms. The van der Waals surface area contributed by atoms with Crippen molar-refractivity contribution in [3.8, 4) is 11.1 Å². The summed E-state index contributed by atoms with van der Waals surface area (Å²) in [6, 6.07) is 12.6. The van der Waals surface area contributed by atoms with E-state index in [-0.39, 0.29) is 44.6 Å². The third kappa shape index (κ3) is 10.2. The Morgan fingerprint density at radius 1 is 1.02 bits per heavy atom. The molecule has 4 rings (SSSR count). The van der Waals surface area contributed by atoms with Crippen molar-refractivity contribution in [2.45, 2.75) is 52.2 Å². The molecule has 0 aliphatic carbocycles. The third-order valence-corrected chi connectivity index (χ3v) is 8.36. The molecule has 14 heteroatoms. The van der Waals surface area contributed by atoms with Crippen molar-refractivity contribution in [2.24, 2.45) is 11.1 Å². The summed E-state index contributed by atoms with van der Waals surface area (Å²) in [5, 5.41) is 12.6. The number of hydrogen-bond acceptors (Lipinski definition) is 8. The molecule has 0 spiro atoms. The van der Waals surface area contributed by atoms with Gasteiger partial charge in [-0.05, 0) is 41.7 Å². The van der Waals surface area contributed by atoms with E-state index >= 15 is 0 Å². The molecule has 272 valence electrons. The maximum absolute atomic E-state index is 15.0. The summed E-state index contributed by atoms with van der Waals surface area (Å²) >= 11 is 0. The zero-order chi connectivity index (χ0) is 37.3. The molecule has 2 heterocycles. The molecule has 0 saturated heterocycles. The summed E-state index contributed by atoms with van der Waals surface area (Å²) in [6.45, 7) is 4.82. The minimum Gasteiger partial charge on any atom is -0.464 e. The summed E-state index contributed by atoms with van der Waals surface area (Å²) in [7, 11) is 0. The smallest absolute Gasteiger partial charge is 0.307 e. The van der Waals surface area contributed by atoms with E-state index < -0.39 is 65.3 Å². The van der Waals surface area contributed by atoms with Crippen LogP contribution in [0.3, 0.4) is 0 Å². The van der Waals surface area contributed by atoms with Gasteiger partial charge in [0.15, 0.2) is 0 Å². The lowest BCUT2D eigenvalue weighted by Crippen LogP contribution is -2.47. The summed E-state index contributed by atoms with van der Waals surface area (Å²) in [4.78, 5) is 63.9. The Hall–Kier alpha value is -5.21. The van der Waals surface area contributed by atoms with Crippen molar-refractivity contribution in [3.63, 3.8) is 0 Å². The van der Waals surface area contributed by atoms with Crippen LogP contribution in [0.25, 0.3) is 11.1 Å². The molecule has 3 aromatic rings. The molecule has 2 aromatic carbocycles. The van der Waals surface area contributed by atoms with E-state index in [1.165, 1.54) is 4.90 Å². The highest BCUT2D eigenvalue weighted by Gasteiger charge is 2.37. The fourth-order valence-electron chi connectivity index (χ4n) is 5.90. The Balaban J connectivity index is 1.47. The Kier molecular flexibility index (Phi) is 13.0. The molecule has 0 saturated carbocycles. The summed E-state index contributed by atoms with van der Waals surface area (Å²) in [5.74, 6) is -4.06. The number of nitrogens with zero attached hydrogens (tertiary/aromatic N) is 3. The number of rotatable bonds is 16. The largest absolute Gasteiger partial charge is 0.464 e. The second-order valence-corrected chi connectivity index (χ2v) is 13.2. The molecule has 1 aliphatic heterocycles. The summed E-state index contributed by atoms with van der Waals surface area (Å²) < 4.78 is 36.1. The Bertz CT molecular complexity index is 1750. The van der Waals surface area contributed by atoms with Gasteiger partial charge in [-0.2, -0.15) is 0 Å². The van der Waals surface area contributed by atoms with E-state index in [4.69, 9.17) is 10.5 Å². The van der Waals surface area contributed by atoms with Gasteiger partial charge in [0.05, 0.1) is 25.0 Å². The lowest BCUT2D eigenvalue weighted by Gasteiger charge is -2.41. The fourth-order valence-corrected chi connectivity index (χ4v) is 5.90. The zero-order valence-corrected chi connectivity index (χ0v) is 28.8. The summed E-state index contributed by atoms with van der Waals surface area (Å²) in [6.07, 6.45) is 3.76. The number of aromatic nitrogens is 1. The third-order valence-electron chi connectivity index (χ3n) is 8.36. The maximum Gasteiger partial charge on any atom is 0.307 e. The summed E-state index contributed by atoms with van der Waals surface area (Å²) in [5.41, 5.74) is 7.51. The number of nitrogens with one attached hydrogen (secondary N) is 1. The number of carbonyl (C=O) groups excluding carboxylic acids is 5. The van der Waals surface area contributed by atoms with Gasteiger partial charge in [-0.1, -0.05) is 51.1 Å². The van der Waals surface area contributed by atoms with E-state index in [0.717, 1.165) is 40.8 Å². The molecule has 0 radical (unpaired) electrons. The van der Waals surface area contributed by atoms with E-state index in [9.17, 15) is 37.9 Å². The Morgan fingerprint density at radius 3 is 2.35 bits per heavy atom. The molecular weight excluding hydrogens is 664 g/mol. The van der Waals surface area contributed by atoms with E-state index in [1.54, 1.807) is 12.3 Å². The quantitative estimate of drug-likeness (QED) is 0.151. The normalized spacial score (nSPS) is 14.1. The van der Waals surface area contributed by atoms with Crippen molar-refractivity contribution in [2.75, 3.05) is 32.8 Å². The molecule has 0 fully saturated rings. The average Bonchev–Trinajstić information content (AvgIpc) is 3.64. The van der Waals surface area contributed by atoms with Crippen molar-refractivity contribution in [3.05, 3.63) is 95.8 Å². The van der Waals surface area contributed by atoms with Crippen molar-refractivity contribution in [1.82, 2.24) is 19.7 Å². The number of halogens is 2. The van der Waals surface area contributed by atoms with Gasteiger partial charge < -0.3 is 30.4 Å². The van der Waals surface area contributed by atoms with Crippen molar-refractivity contribution in [1.29, 1.82) is 0 Å². The van der Waals surface area contributed by atoms with E-state index in [2.05, 4.69) is 5.32 Å². The van der Waals surface area contributed by atoms with Crippen LogP contribution in [0, 0.1) is 17.0 Å². The van der Waals surface area contributed by atoms with Crippen LogP contribution >= 0.6 is 0 Å². The molecule has 12 nitrogen and oxygen atoms in total. The van der Waals surface area contributed by atoms with Crippen LogP contribution in [0.1, 0.15) is 50.9 Å².